The number of nitrogen functional groups attached to an aromatic ring is 1. The highest BCUT2D eigenvalue weighted by molar-refractivity contribution is 6.30. The number of anilines is 1. The molecule has 0 bridgehead atoms. The minimum Gasteiger partial charge on any atom is -0.383 e. The lowest BCUT2D eigenvalue weighted by Crippen LogP contribution is -1.96. The molecule has 1 aliphatic rings. The van der Waals surface area contributed by atoms with Crippen LogP contribution in [-0.4, -0.2) is 9.97 Å². The first-order valence-electron chi connectivity index (χ1n) is 4.05. The van der Waals surface area contributed by atoms with E-state index in [1.807, 2.05) is 0 Å². The topological polar surface area (TPSA) is 51.8 Å². The van der Waals surface area contributed by atoms with Crippen molar-refractivity contribution in [2.75, 3.05) is 5.73 Å². The van der Waals surface area contributed by atoms with Crippen molar-refractivity contribution in [2.45, 2.75) is 12.8 Å². The number of nitrogens with zero attached hydrogens (tertiary/aromatic N) is 2. The van der Waals surface area contributed by atoms with Crippen molar-refractivity contribution in [3.8, 4) is 11.8 Å². The van der Waals surface area contributed by atoms with Gasteiger partial charge in [0.25, 0.3) is 0 Å². The Morgan fingerprint density at radius 3 is 2.85 bits per heavy atom. The van der Waals surface area contributed by atoms with Gasteiger partial charge < -0.3 is 5.73 Å². The predicted molar refractivity (Wildman–Crippen MR) is 51.1 cm³/mol. The number of halogens is 1. The van der Waals surface area contributed by atoms with E-state index in [-0.39, 0.29) is 0 Å². The van der Waals surface area contributed by atoms with Crippen LogP contribution in [0.3, 0.4) is 0 Å². The smallest absolute Gasteiger partial charge is 0.150 e. The molecule has 0 amide bonds. The molecule has 2 rings (SSSR count). The molecule has 1 aromatic heterocycles. The van der Waals surface area contributed by atoms with Gasteiger partial charge in [-0.05, 0) is 12.8 Å². The zero-order valence-corrected chi connectivity index (χ0v) is 7.67. The van der Waals surface area contributed by atoms with Crippen molar-refractivity contribution in [2.24, 2.45) is 5.92 Å². The quantitative estimate of drug-likeness (QED) is 0.502. The summed E-state index contributed by atoms with van der Waals surface area (Å²) >= 11 is 5.80. The van der Waals surface area contributed by atoms with Gasteiger partial charge in [0.2, 0.25) is 0 Å². The molecule has 0 saturated heterocycles. The van der Waals surface area contributed by atoms with Gasteiger partial charge in [0.15, 0.2) is 0 Å². The molecule has 3 nitrogen and oxygen atoms in total. The van der Waals surface area contributed by atoms with Crippen LogP contribution in [0.5, 0.6) is 0 Å². The minimum absolute atomic E-state index is 0.334. The molecule has 1 aliphatic carbocycles. The molecule has 0 spiro atoms. The Balaban J connectivity index is 2.33. The van der Waals surface area contributed by atoms with Gasteiger partial charge in [0, 0.05) is 5.92 Å². The van der Waals surface area contributed by atoms with Crippen LogP contribution in [0.25, 0.3) is 0 Å². The van der Waals surface area contributed by atoms with Crippen LogP contribution >= 0.6 is 11.6 Å². The molecule has 2 N–H and O–H groups in total. The van der Waals surface area contributed by atoms with Crippen LogP contribution in [0.4, 0.5) is 5.82 Å². The minimum atomic E-state index is 0.334. The number of hydrogen-bond donors (Lipinski definition) is 1. The number of aromatic nitrogens is 2. The van der Waals surface area contributed by atoms with Crippen LogP contribution in [0.1, 0.15) is 18.4 Å². The molecule has 1 heterocycles. The van der Waals surface area contributed by atoms with Crippen LogP contribution in [0.15, 0.2) is 6.33 Å². The maximum atomic E-state index is 5.80. The third kappa shape index (κ3) is 1.90. The summed E-state index contributed by atoms with van der Waals surface area (Å²) in [4.78, 5) is 7.63. The van der Waals surface area contributed by atoms with Crippen molar-refractivity contribution in [3.63, 3.8) is 0 Å². The summed E-state index contributed by atoms with van der Waals surface area (Å²) in [7, 11) is 0. The van der Waals surface area contributed by atoms with Gasteiger partial charge in [-0.2, -0.15) is 0 Å². The van der Waals surface area contributed by atoms with Crippen LogP contribution < -0.4 is 5.73 Å². The summed E-state index contributed by atoms with van der Waals surface area (Å²) in [6.07, 6.45) is 3.69. The zero-order valence-electron chi connectivity index (χ0n) is 6.92. The Bertz CT molecular complexity index is 367. The van der Waals surface area contributed by atoms with Gasteiger partial charge in [0.1, 0.15) is 22.9 Å². The number of rotatable bonds is 0. The van der Waals surface area contributed by atoms with Crippen LogP contribution in [0.2, 0.25) is 5.15 Å². The Morgan fingerprint density at radius 1 is 1.46 bits per heavy atom. The molecular weight excluding hydrogens is 186 g/mol. The van der Waals surface area contributed by atoms with E-state index in [1.54, 1.807) is 0 Å². The van der Waals surface area contributed by atoms with Crippen LogP contribution in [0, 0.1) is 17.8 Å². The van der Waals surface area contributed by atoms with Gasteiger partial charge in [-0.15, -0.1) is 0 Å². The molecule has 0 unspecified atom stereocenters. The van der Waals surface area contributed by atoms with Gasteiger partial charge in [-0.25, -0.2) is 9.97 Å². The molecular formula is C9H8ClN3. The van der Waals surface area contributed by atoms with Crippen molar-refractivity contribution in [3.05, 3.63) is 17.0 Å². The van der Waals surface area contributed by atoms with E-state index in [0.29, 0.717) is 22.5 Å². The van der Waals surface area contributed by atoms with Gasteiger partial charge in [-0.1, -0.05) is 23.4 Å². The fourth-order valence-electron chi connectivity index (χ4n) is 0.894. The summed E-state index contributed by atoms with van der Waals surface area (Å²) in [6, 6.07) is 0. The lowest BCUT2D eigenvalue weighted by molar-refractivity contribution is 1.16. The lowest BCUT2D eigenvalue weighted by atomic mass is 10.3. The summed E-state index contributed by atoms with van der Waals surface area (Å²) in [5.74, 6) is 6.85. The third-order valence-electron chi connectivity index (χ3n) is 1.81. The van der Waals surface area contributed by atoms with Crippen molar-refractivity contribution >= 4 is 17.4 Å². The Morgan fingerprint density at radius 2 is 2.23 bits per heavy atom. The fraction of sp³-hybridized carbons (Fsp3) is 0.333. The maximum absolute atomic E-state index is 5.80. The monoisotopic (exact) mass is 193 g/mol. The van der Waals surface area contributed by atoms with E-state index in [1.165, 1.54) is 19.2 Å². The average molecular weight is 194 g/mol. The average Bonchev–Trinajstić information content (AvgIpc) is 2.87. The summed E-state index contributed by atoms with van der Waals surface area (Å²) in [5, 5.41) is 0.334. The summed E-state index contributed by atoms with van der Waals surface area (Å²) in [5.41, 5.74) is 6.14. The molecule has 0 aliphatic heterocycles. The molecule has 0 atom stereocenters. The first-order chi connectivity index (χ1) is 6.27. The van der Waals surface area contributed by atoms with E-state index in [0.717, 1.165) is 0 Å². The molecule has 1 aromatic rings. The largest absolute Gasteiger partial charge is 0.383 e. The highest BCUT2D eigenvalue weighted by atomic mass is 35.5. The summed E-state index contributed by atoms with van der Waals surface area (Å²) in [6.45, 7) is 0. The Hall–Kier alpha value is -1.27. The molecule has 1 fully saturated rings. The molecule has 4 heteroatoms. The van der Waals surface area contributed by atoms with E-state index < -0.39 is 0 Å². The molecule has 0 aromatic carbocycles. The summed E-state index contributed by atoms with van der Waals surface area (Å²) < 4.78 is 0. The predicted octanol–water partition coefficient (Wildman–Crippen LogP) is 1.47. The maximum Gasteiger partial charge on any atom is 0.150 e. The number of nitrogens with two attached hydrogens (primary N) is 1. The fourth-order valence-corrected chi connectivity index (χ4v) is 1.08. The molecule has 66 valence electrons. The van der Waals surface area contributed by atoms with E-state index in [4.69, 9.17) is 17.3 Å². The van der Waals surface area contributed by atoms with Gasteiger partial charge in [-0.3, -0.25) is 0 Å². The normalized spacial score (nSPS) is 14.8. The van der Waals surface area contributed by atoms with Gasteiger partial charge >= 0.3 is 0 Å². The lowest BCUT2D eigenvalue weighted by Gasteiger charge is -1.96. The second-order valence-electron chi connectivity index (χ2n) is 2.97. The second kappa shape index (κ2) is 3.23. The standard InChI is InChI=1S/C9H8ClN3/c10-8-7(4-3-6-1-2-6)9(11)13-5-12-8/h5-6H,1-2H2,(H2,11,12,13). The Kier molecular flexibility index (Phi) is 2.07. The van der Waals surface area contributed by atoms with E-state index >= 15 is 0 Å². The Labute approximate surface area is 81.3 Å². The molecule has 1 saturated carbocycles. The van der Waals surface area contributed by atoms with Crippen molar-refractivity contribution < 1.29 is 0 Å². The van der Waals surface area contributed by atoms with E-state index in [2.05, 4.69) is 21.8 Å². The second-order valence-corrected chi connectivity index (χ2v) is 3.33. The number of hydrogen-bond acceptors (Lipinski definition) is 3. The van der Waals surface area contributed by atoms with E-state index in [9.17, 15) is 0 Å². The SMILES string of the molecule is Nc1ncnc(Cl)c1C#CC1CC1. The molecule has 13 heavy (non-hydrogen) atoms. The van der Waals surface area contributed by atoms with Gasteiger partial charge in [0.05, 0.1) is 0 Å². The first kappa shape index (κ1) is 8.33. The first-order valence-corrected chi connectivity index (χ1v) is 4.42. The van der Waals surface area contributed by atoms with Crippen molar-refractivity contribution in [1.29, 1.82) is 0 Å². The molecule has 0 radical (unpaired) electrons. The third-order valence-corrected chi connectivity index (χ3v) is 2.10. The highest BCUT2D eigenvalue weighted by Crippen LogP contribution is 2.28. The zero-order chi connectivity index (χ0) is 9.26. The van der Waals surface area contributed by atoms with Crippen molar-refractivity contribution in [1.82, 2.24) is 9.97 Å². The highest BCUT2D eigenvalue weighted by Gasteiger charge is 2.18. The van der Waals surface area contributed by atoms with Crippen LogP contribution in [-0.2, 0) is 0 Å².